The van der Waals surface area contributed by atoms with Gasteiger partial charge in [0, 0.05) is 107 Å². The van der Waals surface area contributed by atoms with Crippen LogP contribution in [0, 0.1) is 0 Å². The number of carbonyl (C=O) groups excluding carboxylic acids is 6. The minimum absolute atomic E-state index is 0.00534. The number of phenolic OH excluding ortho intramolecular Hbond substituents is 1. The van der Waals surface area contributed by atoms with Gasteiger partial charge in [-0.05, 0) is 214 Å². The molecule has 12 rings (SSSR count). The van der Waals surface area contributed by atoms with Gasteiger partial charge in [-0.2, -0.15) is 16.8 Å². The van der Waals surface area contributed by atoms with Crippen molar-refractivity contribution in [2.75, 3.05) is 88.2 Å². The summed E-state index contributed by atoms with van der Waals surface area (Å²) in [7, 11) is 7.48. The van der Waals surface area contributed by atoms with Crippen LogP contribution < -0.4 is 39.6 Å². The van der Waals surface area contributed by atoms with Crippen LogP contribution in [0.5, 0.6) is 34.5 Å². The second-order valence-electron chi connectivity index (χ2n) is 33.0. The number of aromatic hydroxyl groups is 1. The largest absolute Gasteiger partial charge is 0.504 e. The fraction of sp³-hybridized carbons (Fsp3) is 0.446. The summed E-state index contributed by atoms with van der Waals surface area (Å²) in [4.78, 5) is 96.8. The number of fused-ring (bicyclic) bond motifs is 6. The van der Waals surface area contributed by atoms with Gasteiger partial charge in [0.2, 0.25) is 17.7 Å². The summed E-state index contributed by atoms with van der Waals surface area (Å²) in [5, 5.41) is 36.9. The summed E-state index contributed by atoms with van der Waals surface area (Å²) in [6, 6.07) is 25.3. The Morgan fingerprint density at radius 2 is 0.721 bits per heavy atom. The zero-order chi connectivity index (χ0) is 94.3. The number of methoxy groups -OCH3 is 3. The van der Waals surface area contributed by atoms with Crippen molar-refractivity contribution >= 4 is 173 Å². The summed E-state index contributed by atoms with van der Waals surface area (Å²) in [5.41, 5.74) is 12.0. The molecule has 0 spiro atoms. The van der Waals surface area contributed by atoms with E-state index in [4.69, 9.17) is 42.0 Å². The quantitative estimate of drug-likeness (QED) is 0.0122. The Balaban J connectivity index is 0.000000221. The highest BCUT2D eigenvalue weighted by Gasteiger charge is 2.39. The van der Waals surface area contributed by atoms with Gasteiger partial charge in [0.25, 0.3) is 38.0 Å². The molecule has 6 aromatic rings. The molecule has 0 radical (unpaired) electrons. The normalized spacial score (nSPS) is 17.2. The number of hydrogen-bond donors (Lipinski definition) is 6. The van der Waals surface area contributed by atoms with Crippen LogP contribution in [0.2, 0.25) is 0 Å². The van der Waals surface area contributed by atoms with Gasteiger partial charge in [0.1, 0.15) is 13.2 Å². The van der Waals surface area contributed by atoms with Crippen molar-refractivity contribution in [1.29, 1.82) is 0 Å². The highest BCUT2D eigenvalue weighted by atomic mass is 33.1. The lowest BCUT2D eigenvalue weighted by molar-refractivity contribution is -0.117. The standard InChI is InChI=1S/C45H51N5O7S2.C17H27NO7S4.C15H16N2O3.C15H23NO3S2/c1-8-27-15-32-21-46-36-19-40(38(54-5)17-34(36)43(52)49(32)23-27)56-25-29-12-30(14-31(13-29)48-42(51)10-11-45(3,4)59-58-7)26-57-41-20-37-35(18-39(41)55-6)44(53)50-24-28(9-2)16-33(50)22-47-37;1-17(2,27-26-3)7-6-16(19)18-15-9-13(11-24-28(4,20)21)8-14(10-15)12-25-29(5,22)23;1-3-9-4-10-7-16-12-6-13(18)14(20-2)5-11(12)15(19)17(10)8-9;1-15(2,21-20-3)5-4-14(19)16-13-7-11(9-17)6-12(8-13)10-18/h8-9,12-14,17-22,32-33H,10-11,15-16,23-26H2,1-7H3,(H,48,51);8-10H,6-7,11-12H2,1-5H3,(H,18,19);3,5-7,10,18H,4,8H2,1-2H3;6-8,17-18H,4-5,9-10H2,1-3H3,(H,16,19)/b27-8+,28-9+;;9-3+;/t32-,33-;;10-;/m0.0./s1. The molecule has 3 fully saturated rings. The monoisotopic (exact) mass is 1920 g/mol. The molecular formula is C92H117N9O20S8. The number of nitrogens with one attached hydrogen (secondary N) is 3. The Morgan fingerprint density at radius 1 is 0.434 bits per heavy atom. The number of allylic oxidation sites excluding steroid dienone is 3. The first kappa shape index (κ1) is 104. The van der Waals surface area contributed by atoms with E-state index in [1.54, 1.807) is 157 Å². The van der Waals surface area contributed by atoms with Crippen molar-refractivity contribution in [3.63, 3.8) is 0 Å². The van der Waals surface area contributed by atoms with Gasteiger partial charge in [0.05, 0.1) is 112 Å². The molecule has 0 bridgehead atoms. The van der Waals surface area contributed by atoms with Crippen molar-refractivity contribution in [3.8, 4) is 34.5 Å². The van der Waals surface area contributed by atoms with E-state index in [2.05, 4.69) is 74.6 Å². The predicted molar refractivity (Wildman–Crippen MR) is 523 cm³/mol. The topological polar surface area (TPSA) is 379 Å². The second kappa shape index (κ2) is 47.4. The average Bonchev–Trinajstić information content (AvgIpc) is 1.68. The number of nitrogens with zero attached hydrogens (tertiary/aromatic N) is 6. The van der Waals surface area contributed by atoms with Gasteiger partial charge in [-0.3, -0.25) is 52.1 Å². The number of aliphatic imine (C=N–C) groups is 3. The number of phenols is 1. The number of ether oxygens (including phenoxy) is 5. The van der Waals surface area contributed by atoms with Crippen molar-refractivity contribution in [2.45, 2.75) is 192 Å². The molecule has 0 aromatic heterocycles. The molecule has 29 nitrogen and oxygen atoms in total. The van der Waals surface area contributed by atoms with E-state index < -0.39 is 20.2 Å². The molecule has 6 aromatic carbocycles. The van der Waals surface area contributed by atoms with E-state index in [-0.39, 0.29) is 119 Å². The van der Waals surface area contributed by atoms with Gasteiger partial charge < -0.3 is 69.7 Å². The van der Waals surface area contributed by atoms with Gasteiger partial charge in [0.15, 0.2) is 34.5 Å². The zero-order valence-corrected chi connectivity index (χ0v) is 82.3. The summed E-state index contributed by atoms with van der Waals surface area (Å²) in [6.07, 6.45) is 25.2. The second-order valence-corrected chi connectivity index (χ2v) is 45.6. The minimum atomic E-state index is -3.66. The van der Waals surface area contributed by atoms with Crippen LogP contribution >= 0.6 is 64.8 Å². The van der Waals surface area contributed by atoms with Crippen molar-refractivity contribution in [1.82, 2.24) is 14.7 Å². The molecule has 6 N–H and O–H groups in total. The maximum atomic E-state index is 13.6. The van der Waals surface area contributed by atoms with Crippen molar-refractivity contribution in [3.05, 3.63) is 176 Å². The number of rotatable bonds is 35. The summed E-state index contributed by atoms with van der Waals surface area (Å²) < 4.78 is 83.8. The van der Waals surface area contributed by atoms with Gasteiger partial charge in [-0.1, -0.05) is 112 Å². The SMILES string of the molecule is C/C=C1\C[C@H]2C=Nc3cc(O)c(OC)cc3C(=O)N2C1.C/C=C1\C[C@H]2C=Nc3cc(OCc4cc(COc5cc6c(cc5OC)C(=O)N5C/C(=C/C)C[C@H]5C=N6)cc(NC(=O)CCC(C)(C)SSC)c4)c(OC)cc3C(=O)N2C1.CSSC(C)(C)CCC(=O)Nc1cc(CO)cc(CO)c1.CSSC(C)(C)CCC(=O)Nc1cc(COS(C)(=O)=O)cc(COS(C)(=O)=O)c1. The third-order valence-electron chi connectivity index (χ3n) is 21.3. The molecule has 0 saturated carbocycles. The highest BCUT2D eigenvalue weighted by Crippen LogP contribution is 2.45. The molecule has 37 heteroatoms. The van der Waals surface area contributed by atoms with E-state index in [1.165, 1.54) is 29.9 Å². The number of hydrogen-bond acceptors (Lipinski definition) is 29. The molecule has 6 amide bonds. The molecule has 0 aliphatic carbocycles. The smallest absolute Gasteiger partial charge is 0.264 e. The van der Waals surface area contributed by atoms with Gasteiger partial charge in [-0.15, -0.1) is 0 Å². The van der Waals surface area contributed by atoms with E-state index in [0.29, 0.717) is 148 Å². The van der Waals surface area contributed by atoms with Crippen LogP contribution in [0.15, 0.2) is 141 Å². The third-order valence-corrected chi connectivity index (χ3v) is 30.4. The summed E-state index contributed by atoms with van der Waals surface area (Å²) in [5.74, 6) is 1.35. The van der Waals surface area contributed by atoms with Crippen LogP contribution in [0.4, 0.5) is 34.1 Å². The average molecular weight is 1930 g/mol. The Morgan fingerprint density at radius 3 is 1.01 bits per heavy atom. The number of benzene rings is 6. The molecule has 6 heterocycles. The first-order valence-electron chi connectivity index (χ1n) is 41.6. The molecule has 6 aliphatic rings. The fourth-order valence-electron chi connectivity index (χ4n) is 14.6. The molecule has 3 atom stereocenters. The lowest BCUT2D eigenvalue weighted by Crippen LogP contribution is -2.35. The van der Waals surface area contributed by atoms with E-state index in [0.717, 1.165) is 49.3 Å². The van der Waals surface area contributed by atoms with Crippen LogP contribution in [0.1, 0.15) is 185 Å². The zero-order valence-electron chi connectivity index (χ0n) is 75.8. The van der Waals surface area contributed by atoms with Crippen LogP contribution in [0.3, 0.4) is 0 Å². The highest BCUT2D eigenvalue weighted by molar-refractivity contribution is 8.77. The number of anilines is 3. The van der Waals surface area contributed by atoms with Crippen LogP contribution in [-0.2, 0) is 82.6 Å². The Hall–Kier alpha value is -8.99. The van der Waals surface area contributed by atoms with E-state index in [9.17, 15) is 60.9 Å². The lowest BCUT2D eigenvalue weighted by Gasteiger charge is -2.22. The Labute approximate surface area is 780 Å². The van der Waals surface area contributed by atoms with E-state index in [1.807, 2.05) is 86.0 Å². The maximum Gasteiger partial charge on any atom is 0.264 e. The summed E-state index contributed by atoms with van der Waals surface area (Å²) >= 11 is 0. The van der Waals surface area contributed by atoms with Crippen molar-refractivity contribution < 1.29 is 93.0 Å². The summed E-state index contributed by atoms with van der Waals surface area (Å²) in [6.45, 7) is 19.9. The fourth-order valence-corrected chi connectivity index (χ4v) is 22.0. The Bertz CT molecular complexity index is 5290. The third kappa shape index (κ3) is 30.8. The molecule has 698 valence electrons. The first-order chi connectivity index (χ1) is 61.1. The minimum Gasteiger partial charge on any atom is -0.504 e. The molecular weight excluding hydrogens is 1810 g/mol. The Kier molecular flexibility index (Phi) is 38.1. The van der Waals surface area contributed by atoms with E-state index >= 15 is 0 Å². The number of carbonyl (C=O) groups is 6. The number of amides is 6. The predicted octanol–water partition coefficient (Wildman–Crippen LogP) is 17.7. The maximum absolute atomic E-state index is 13.6. The van der Waals surface area contributed by atoms with Gasteiger partial charge >= 0.3 is 0 Å². The van der Waals surface area contributed by atoms with Crippen LogP contribution in [-0.4, -0.2) is 206 Å². The molecule has 3 saturated heterocycles. The molecule has 0 unspecified atom stereocenters. The molecule has 6 aliphatic heterocycles. The number of aliphatic hydroxyl groups is 2. The molecule has 129 heavy (non-hydrogen) atoms. The van der Waals surface area contributed by atoms with Crippen LogP contribution in [0.25, 0.3) is 0 Å². The lowest BCUT2D eigenvalue weighted by atomic mass is 10.1. The van der Waals surface area contributed by atoms with Crippen molar-refractivity contribution in [2.24, 2.45) is 15.0 Å². The first-order valence-corrected chi connectivity index (χ1v) is 52.9. The number of aliphatic hydroxyl groups excluding tert-OH is 2. The van der Waals surface area contributed by atoms with Gasteiger partial charge in [-0.25, -0.2) is 0 Å².